The Bertz CT molecular complexity index is 796. The first-order valence-corrected chi connectivity index (χ1v) is 8.79. The van der Waals surface area contributed by atoms with Gasteiger partial charge in [0.2, 0.25) is 5.89 Å². The number of benzene rings is 1. The highest BCUT2D eigenvalue weighted by Crippen LogP contribution is 2.38. The fraction of sp³-hybridized carbons (Fsp3) is 0.474. The van der Waals surface area contributed by atoms with Gasteiger partial charge in [-0.3, -0.25) is 0 Å². The van der Waals surface area contributed by atoms with Gasteiger partial charge in [-0.15, -0.1) is 10.2 Å². The molecule has 0 N–H and O–H groups in total. The number of nitrogens with zero attached hydrogens (tertiary/aromatic N) is 3. The minimum Gasteiger partial charge on any atom is -0.419 e. The van der Waals surface area contributed by atoms with Crippen molar-refractivity contribution in [2.45, 2.75) is 57.9 Å². The standard InChI is InChI=1S/C19H23N3O/c1-2-3-12-18-20-21-19(23-18)17-13-14-8-4-7-11-16(14)22(17)15-9-5-6-10-15/h4,7-8,11,13,15H,2-3,5-6,9-10,12H2,1H3. The molecule has 0 saturated heterocycles. The van der Waals surface area contributed by atoms with E-state index in [2.05, 4.69) is 52.0 Å². The summed E-state index contributed by atoms with van der Waals surface area (Å²) in [4.78, 5) is 0. The van der Waals surface area contributed by atoms with Crippen molar-refractivity contribution in [3.8, 4) is 11.6 Å². The molecule has 0 spiro atoms. The van der Waals surface area contributed by atoms with Crippen molar-refractivity contribution in [3.63, 3.8) is 0 Å². The van der Waals surface area contributed by atoms with Crippen LogP contribution in [0.1, 0.15) is 57.4 Å². The molecule has 0 unspecified atom stereocenters. The Kier molecular flexibility index (Phi) is 3.90. The van der Waals surface area contributed by atoms with E-state index in [0.717, 1.165) is 30.8 Å². The van der Waals surface area contributed by atoms with E-state index in [1.165, 1.54) is 36.6 Å². The van der Waals surface area contributed by atoms with Crippen molar-refractivity contribution < 1.29 is 4.42 Å². The molecule has 3 aromatic rings. The number of fused-ring (bicyclic) bond motifs is 1. The minimum absolute atomic E-state index is 0.552. The Morgan fingerprint density at radius 3 is 2.83 bits per heavy atom. The first-order chi connectivity index (χ1) is 11.4. The predicted octanol–water partition coefficient (Wildman–Crippen LogP) is 5.15. The van der Waals surface area contributed by atoms with E-state index in [9.17, 15) is 0 Å². The summed E-state index contributed by atoms with van der Waals surface area (Å²) < 4.78 is 8.39. The van der Waals surface area contributed by atoms with E-state index in [1.54, 1.807) is 0 Å². The van der Waals surface area contributed by atoms with Gasteiger partial charge in [0.25, 0.3) is 5.89 Å². The Labute approximate surface area is 136 Å². The molecule has 23 heavy (non-hydrogen) atoms. The Morgan fingerprint density at radius 1 is 1.17 bits per heavy atom. The van der Waals surface area contributed by atoms with Crippen LogP contribution < -0.4 is 0 Å². The molecule has 1 aromatic carbocycles. The van der Waals surface area contributed by atoms with E-state index in [1.807, 2.05) is 0 Å². The highest BCUT2D eigenvalue weighted by Gasteiger charge is 2.24. The molecule has 2 aromatic heterocycles. The molecule has 4 nitrogen and oxygen atoms in total. The van der Waals surface area contributed by atoms with Gasteiger partial charge in [0, 0.05) is 23.4 Å². The van der Waals surface area contributed by atoms with Gasteiger partial charge >= 0.3 is 0 Å². The first kappa shape index (κ1) is 14.5. The number of unbranched alkanes of at least 4 members (excludes halogenated alkanes) is 1. The second-order valence-electron chi connectivity index (χ2n) is 6.50. The molecule has 4 heteroatoms. The number of rotatable bonds is 5. The monoisotopic (exact) mass is 309 g/mol. The largest absolute Gasteiger partial charge is 0.419 e. The SMILES string of the molecule is CCCCc1nnc(-c2cc3ccccc3n2C2CCCC2)o1. The molecule has 0 radical (unpaired) electrons. The number of hydrogen-bond donors (Lipinski definition) is 0. The maximum absolute atomic E-state index is 5.96. The van der Waals surface area contributed by atoms with Gasteiger partial charge in [-0.25, -0.2) is 0 Å². The topological polar surface area (TPSA) is 43.9 Å². The first-order valence-electron chi connectivity index (χ1n) is 8.79. The zero-order chi connectivity index (χ0) is 15.6. The molecule has 0 amide bonds. The van der Waals surface area contributed by atoms with E-state index in [4.69, 9.17) is 4.42 Å². The Morgan fingerprint density at radius 2 is 2.00 bits per heavy atom. The fourth-order valence-electron chi connectivity index (χ4n) is 3.68. The van der Waals surface area contributed by atoms with Crippen LogP contribution in [-0.2, 0) is 6.42 Å². The second kappa shape index (κ2) is 6.19. The minimum atomic E-state index is 0.552. The van der Waals surface area contributed by atoms with E-state index in [0.29, 0.717) is 11.9 Å². The summed E-state index contributed by atoms with van der Waals surface area (Å²) in [5, 5.41) is 9.82. The van der Waals surface area contributed by atoms with Crippen LogP contribution >= 0.6 is 0 Å². The Balaban J connectivity index is 1.79. The molecule has 0 bridgehead atoms. The molecule has 4 rings (SSSR count). The summed E-state index contributed by atoms with van der Waals surface area (Å²) in [5.41, 5.74) is 2.36. The average molecular weight is 309 g/mol. The van der Waals surface area contributed by atoms with Crippen molar-refractivity contribution >= 4 is 10.9 Å². The van der Waals surface area contributed by atoms with Crippen LogP contribution in [0, 0.1) is 0 Å². The van der Waals surface area contributed by atoms with Gasteiger partial charge in [0.05, 0.1) is 0 Å². The maximum Gasteiger partial charge on any atom is 0.264 e. The van der Waals surface area contributed by atoms with Gasteiger partial charge < -0.3 is 8.98 Å². The van der Waals surface area contributed by atoms with Crippen molar-refractivity contribution in [3.05, 3.63) is 36.2 Å². The van der Waals surface area contributed by atoms with Crippen molar-refractivity contribution in [2.24, 2.45) is 0 Å². The normalized spacial score (nSPS) is 15.7. The van der Waals surface area contributed by atoms with Crippen LogP contribution in [0.3, 0.4) is 0 Å². The molecule has 120 valence electrons. The molecular weight excluding hydrogens is 286 g/mol. The van der Waals surface area contributed by atoms with Crippen LogP contribution in [-0.4, -0.2) is 14.8 Å². The third-order valence-corrected chi connectivity index (χ3v) is 4.87. The van der Waals surface area contributed by atoms with Gasteiger partial charge in [0.1, 0.15) is 5.69 Å². The summed E-state index contributed by atoms with van der Waals surface area (Å²) in [6.07, 6.45) is 8.19. The summed E-state index contributed by atoms with van der Waals surface area (Å²) in [5.74, 6) is 1.42. The average Bonchev–Trinajstić information content (AvgIpc) is 3.30. The quantitative estimate of drug-likeness (QED) is 0.654. The summed E-state index contributed by atoms with van der Waals surface area (Å²) >= 11 is 0. The lowest BCUT2D eigenvalue weighted by molar-refractivity contribution is 0.482. The van der Waals surface area contributed by atoms with Crippen LogP contribution in [0.4, 0.5) is 0 Å². The van der Waals surface area contributed by atoms with Crippen LogP contribution in [0.2, 0.25) is 0 Å². The molecule has 1 aliphatic rings. The van der Waals surface area contributed by atoms with Crippen molar-refractivity contribution in [1.29, 1.82) is 0 Å². The Hall–Kier alpha value is -2.10. The smallest absolute Gasteiger partial charge is 0.264 e. The second-order valence-corrected chi connectivity index (χ2v) is 6.50. The van der Waals surface area contributed by atoms with Crippen molar-refractivity contribution in [2.75, 3.05) is 0 Å². The lowest BCUT2D eigenvalue weighted by Crippen LogP contribution is -2.06. The fourth-order valence-corrected chi connectivity index (χ4v) is 3.68. The third kappa shape index (κ3) is 2.67. The zero-order valence-electron chi connectivity index (χ0n) is 13.7. The molecule has 0 aliphatic heterocycles. The van der Waals surface area contributed by atoms with Gasteiger partial charge in [0.15, 0.2) is 0 Å². The van der Waals surface area contributed by atoms with Crippen molar-refractivity contribution in [1.82, 2.24) is 14.8 Å². The maximum atomic E-state index is 5.96. The number of para-hydroxylation sites is 1. The molecule has 2 heterocycles. The molecule has 0 atom stereocenters. The van der Waals surface area contributed by atoms with E-state index in [-0.39, 0.29) is 0 Å². The summed E-state index contributed by atoms with van der Waals surface area (Å²) in [6.45, 7) is 2.18. The van der Waals surface area contributed by atoms with E-state index < -0.39 is 0 Å². The number of aryl methyl sites for hydroxylation is 1. The van der Waals surface area contributed by atoms with Gasteiger partial charge in [-0.1, -0.05) is 44.4 Å². The van der Waals surface area contributed by atoms with Gasteiger partial charge in [-0.2, -0.15) is 0 Å². The molecule has 1 fully saturated rings. The predicted molar refractivity (Wildman–Crippen MR) is 91.3 cm³/mol. The van der Waals surface area contributed by atoms with Crippen LogP contribution in [0.25, 0.3) is 22.5 Å². The lowest BCUT2D eigenvalue weighted by atomic mass is 10.2. The van der Waals surface area contributed by atoms with Crippen LogP contribution in [0.5, 0.6) is 0 Å². The van der Waals surface area contributed by atoms with Crippen LogP contribution in [0.15, 0.2) is 34.7 Å². The van der Waals surface area contributed by atoms with E-state index >= 15 is 0 Å². The molecule has 1 saturated carbocycles. The number of aromatic nitrogens is 3. The summed E-state index contributed by atoms with van der Waals surface area (Å²) in [6, 6.07) is 11.3. The zero-order valence-corrected chi connectivity index (χ0v) is 13.7. The third-order valence-electron chi connectivity index (χ3n) is 4.87. The lowest BCUT2D eigenvalue weighted by Gasteiger charge is -2.16. The highest BCUT2D eigenvalue weighted by molar-refractivity contribution is 5.85. The molecule has 1 aliphatic carbocycles. The van der Waals surface area contributed by atoms with Gasteiger partial charge in [-0.05, 0) is 31.4 Å². The molecular formula is C19H23N3O. The number of hydrogen-bond acceptors (Lipinski definition) is 3. The summed E-state index contributed by atoms with van der Waals surface area (Å²) in [7, 11) is 0. The highest BCUT2D eigenvalue weighted by atomic mass is 16.4.